The smallest absolute Gasteiger partial charge is 0.152 e. The maximum Gasteiger partial charge on any atom is 0.152 e. The molecule has 0 fully saturated rings. The Balaban J connectivity index is 3.03. The molecule has 1 aromatic carbocycles. The highest BCUT2D eigenvalue weighted by atomic mass is 16.1. The Bertz CT molecular complexity index is 459. The lowest BCUT2D eigenvalue weighted by Crippen LogP contribution is -2.48. The quantitative estimate of drug-likeness (QED) is 0.673. The molecule has 0 saturated heterocycles. The Labute approximate surface area is 129 Å². The van der Waals surface area contributed by atoms with Crippen molar-refractivity contribution in [1.82, 2.24) is 4.90 Å². The maximum atomic E-state index is 12.7. The van der Waals surface area contributed by atoms with E-state index in [-0.39, 0.29) is 12.0 Å². The Morgan fingerprint density at radius 1 is 1.19 bits per heavy atom. The Morgan fingerprint density at radius 3 is 2.19 bits per heavy atom. The number of hydrogen-bond acceptors (Lipinski definition) is 2. The molecule has 1 rings (SSSR count). The molecule has 0 spiro atoms. The summed E-state index contributed by atoms with van der Waals surface area (Å²) in [5.74, 6) is 0.359. The average molecular weight is 287 g/mol. The molecule has 0 aliphatic carbocycles. The standard InChI is InChI=1S/C19H29NO/c1-7-12-20(15(4)5)18(19(21)14(2)3)13-17-10-8-16(6)9-11-17/h7-11,14-15,18H,1,12-13H2,2-6H3/t18-/m0/s1. The van der Waals surface area contributed by atoms with Crippen LogP contribution in [0.3, 0.4) is 0 Å². The van der Waals surface area contributed by atoms with Crippen LogP contribution in [0.2, 0.25) is 0 Å². The highest BCUT2D eigenvalue weighted by Crippen LogP contribution is 2.17. The van der Waals surface area contributed by atoms with Gasteiger partial charge in [-0.05, 0) is 32.8 Å². The van der Waals surface area contributed by atoms with Crippen molar-refractivity contribution in [2.75, 3.05) is 6.54 Å². The van der Waals surface area contributed by atoms with Crippen molar-refractivity contribution in [2.45, 2.75) is 53.1 Å². The van der Waals surface area contributed by atoms with Gasteiger partial charge in [0.05, 0.1) is 6.04 Å². The summed E-state index contributed by atoms with van der Waals surface area (Å²) < 4.78 is 0. The second-order valence-corrected chi connectivity index (χ2v) is 6.34. The summed E-state index contributed by atoms with van der Waals surface area (Å²) in [5.41, 5.74) is 2.46. The van der Waals surface area contributed by atoms with Gasteiger partial charge in [-0.1, -0.05) is 49.8 Å². The highest BCUT2D eigenvalue weighted by molar-refractivity contribution is 5.86. The number of aryl methyl sites for hydroxylation is 1. The van der Waals surface area contributed by atoms with Crippen molar-refractivity contribution < 1.29 is 4.79 Å². The lowest BCUT2D eigenvalue weighted by Gasteiger charge is -2.34. The van der Waals surface area contributed by atoms with Crippen LogP contribution in [-0.2, 0) is 11.2 Å². The maximum absolute atomic E-state index is 12.7. The van der Waals surface area contributed by atoms with E-state index in [0.29, 0.717) is 11.8 Å². The first-order valence-corrected chi connectivity index (χ1v) is 7.82. The molecule has 0 aliphatic rings. The van der Waals surface area contributed by atoms with E-state index >= 15 is 0 Å². The third kappa shape index (κ3) is 5.13. The number of carbonyl (C=O) groups is 1. The number of Topliss-reactive ketones (excluding diaryl/α,β-unsaturated/α-hetero) is 1. The van der Waals surface area contributed by atoms with Gasteiger partial charge in [-0.25, -0.2) is 0 Å². The molecule has 0 heterocycles. The normalized spacial score (nSPS) is 13.0. The minimum atomic E-state index is -0.0780. The Kier molecular flexibility index (Phi) is 6.83. The predicted octanol–water partition coefficient (Wildman–Crippen LogP) is 4.03. The monoisotopic (exact) mass is 287 g/mol. The van der Waals surface area contributed by atoms with Gasteiger partial charge in [-0.2, -0.15) is 0 Å². The highest BCUT2D eigenvalue weighted by Gasteiger charge is 2.28. The molecular weight excluding hydrogens is 258 g/mol. The van der Waals surface area contributed by atoms with Crippen LogP contribution in [0.25, 0.3) is 0 Å². The fourth-order valence-electron chi connectivity index (χ4n) is 2.56. The molecule has 21 heavy (non-hydrogen) atoms. The molecule has 0 bridgehead atoms. The SMILES string of the molecule is C=CCN(C(C)C)[C@@H](Cc1ccc(C)cc1)C(=O)C(C)C. The molecular formula is C19H29NO. The van der Waals surface area contributed by atoms with Gasteiger partial charge >= 0.3 is 0 Å². The molecule has 2 heteroatoms. The fraction of sp³-hybridized carbons (Fsp3) is 0.526. The molecule has 116 valence electrons. The first-order chi connectivity index (χ1) is 9.86. The average Bonchev–Trinajstić information content (AvgIpc) is 2.43. The Hall–Kier alpha value is -1.41. The molecule has 2 nitrogen and oxygen atoms in total. The minimum Gasteiger partial charge on any atom is -0.298 e. The fourth-order valence-corrected chi connectivity index (χ4v) is 2.56. The number of rotatable bonds is 8. The van der Waals surface area contributed by atoms with E-state index in [9.17, 15) is 4.79 Å². The van der Waals surface area contributed by atoms with Gasteiger partial charge in [0.2, 0.25) is 0 Å². The van der Waals surface area contributed by atoms with E-state index in [2.05, 4.69) is 56.5 Å². The van der Waals surface area contributed by atoms with Gasteiger partial charge in [0.15, 0.2) is 5.78 Å². The van der Waals surface area contributed by atoms with E-state index in [1.807, 2.05) is 19.9 Å². The first-order valence-electron chi connectivity index (χ1n) is 7.82. The van der Waals surface area contributed by atoms with E-state index in [4.69, 9.17) is 0 Å². The number of nitrogens with zero attached hydrogens (tertiary/aromatic N) is 1. The summed E-state index contributed by atoms with van der Waals surface area (Å²) >= 11 is 0. The predicted molar refractivity (Wildman–Crippen MR) is 90.6 cm³/mol. The number of ketones is 1. The summed E-state index contributed by atoms with van der Waals surface area (Å²) in [5, 5.41) is 0. The van der Waals surface area contributed by atoms with Gasteiger partial charge in [0.25, 0.3) is 0 Å². The van der Waals surface area contributed by atoms with Gasteiger partial charge < -0.3 is 0 Å². The zero-order chi connectivity index (χ0) is 16.0. The van der Waals surface area contributed by atoms with Crippen LogP contribution in [-0.4, -0.2) is 29.3 Å². The van der Waals surface area contributed by atoms with Gasteiger partial charge in [0, 0.05) is 18.5 Å². The molecule has 0 saturated carbocycles. The van der Waals surface area contributed by atoms with Crippen molar-refractivity contribution in [1.29, 1.82) is 0 Å². The largest absolute Gasteiger partial charge is 0.298 e. The zero-order valence-electron chi connectivity index (χ0n) is 14.1. The molecule has 1 aromatic rings. The van der Waals surface area contributed by atoms with E-state index < -0.39 is 0 Å². The van der Waals surface area contributed by atoms with Crippen LogP contribution < -0.4 is 0 Å². The van der Waals surface area contributed by atoms with E-state index in [0.717, 1.165) is 13.0 Å². The lowest BCUT2D eigenvalue weighted by atomic mass is 9.93. The number of hydrogen-bond donors (Lipinski definition) is 0. The minimum absolute atomic E-state index is 0.0477. The molecule has 0 aliphatic heterocycles. The van der Waals surface area contributed by atoms with Crippen molar-refractivity contribution in [3.05, 3.63) is 48.0 Å². The summed E-state index contributed by atoms with van der Waals surface area (Å²) in [6.07, 6.45) is 2.65. The van der Waals surface area contributed by atoms with Crippen LogP contribution in [0.4, 0.5) is 0 Å². The Morgan fingerprint density at radius 2 is 1.76 bits per heavy atom. The zero-order valence-corrected chi connectivity index (χ0v) is 14.1. The summed E-state index contributed by atoms with van der Waals surface area (Å²) in [6, 6.07) is 8.72. The molecule has 0 radical (unpaired) electrons. The van der Waals surface area contributed by atoms with Crippen LogP contribution in [0.1, 0.15) is 38.8 Å². The van der Waals surface area contributed by atoms with Gasteiger partial charge in [0.1, 0.15) is 0 Å². The van der Waals surface area contributed by atoms with Crippen molar-refractivity contribution in [3.63, 3.8) is 0 Å². The van der Waals surface area contributed by atoms with Crippen LogP contribution in [0, 0.1) is 12.8 Å². The summed E-state index contributed by atoms with van der Waals surface area (Å²) in [7, 11) is 0. The van der Waals surface area contributed by atoms with Gasteiger partial charge in [-0.3, -0.25) is 9.69 Å². The van der Waals surface area contributed by atoms with Crippen molar-refractivity contribution >= 4 is 5.78 Å². The lowest BCUT2D eigenvalue weighted by molar-refractivity contribution is -0.127. The molecule has 0 aromatic heterocycles. The van der Waals surface area contributed by atoms with Crippen LogP contribution >= 0.6 is 0 Å². The van der Waals surface area contributed by atoms with Crippen molar-refractivity contribution in [2.24, 2.45) is 5.92 Å². The number of benzene rings is 1. The molecule has 0 unspecified atom stereocenters. The topological polar surface area (TPSA) is 20.3 Å². The molecule has 1 atom stereocenters. The van der Waals surface area contributed by atoms with Crippen molar-refractivity contribution in [3.8, 4) is 0 Å². The summed E-state index contributed by atoms with van der Waals surface area (Å²) in [6.45, 7) is 14.9. The first kappa shape index (κ1) is 17.6. The molecule has 0 amide bonds. The number of carbonyl (C=O) groups excluding carboxylic acids is 1. The third-order valence-corrected chi connectivity index (χ3v) is 3.85. The third-order valence-electron chi connectivity index (χ3n) is 3.85. The van der Waals surface area contributed by atoms with E-state index in [1.54, 1.807) is 0 Å². The second-order valence-electron chi connectivity index (χ2n) is 6.34. The van der Waals surface area contributed by atoms with E-state index in [1.165, 1.54) is 11.1 Å². The van der Waals surface area contributed by atoms with Crippen LogP contribution in [0.15, 0.2) is 36.9 Å². The van der Waals surface area contributed by atoms with Crippen LogP contribution in [0.5, 0.6) is 0 Å². The van der Waals surface area contributed by atoms with Gasteiger partial charge in [-0.15, -0.1) is 6.58 Å². The molecule has 0 N–H and O–H groups in total. The second kappa shape index (κ2) is 8.14. The summed E-state index contributed by atoms with van der Waals surface area (Å²) in [4.78, 5) is 14.9.